The molecular formula is C22H22N6O2. The molecule has 5 rings (SSSR count). The minimum atomic E-state index is -0.992. The number of carbonyl (C=O) groups is 1. The summed E-state index contributed by atoms with van der Waals surface area (Å²) in [6.07, 6.45) is 0.671. The van der Waals surface area contributed by atoms with Crippen LogP contribution in [-0.2, 0) is 6.54 Å². The fourth-order valence-corrected chi connectivity index (χ4v) is 3.94. The molecule has 1 amide bonds. The molecule has 1 aromatic carbocycles. The lowest BCUT2D eigenvalue weighted by Crippen LogP contribution is -2.60. The zero-order valence-corrected chi connectivity index (χ0v) is 16.7. The third-order valence-electron chi connectivity index (χ3n) is 5.44. The Labute approximate surface area is 174 Å². The average molecular weight is 402 g/mol. The summed E-state index contributed by atoms with van der Waals surface area (Å²) in [4.78, 5) is 25.6. The van der Waals surface area contributed by atoms with E-state index in [0.29, 0.717) is 29.6 Å². The number of aromatic nitrogens is 2. The minimum Gasteiger partial charge on any atom is -0.356 e. The molecule has 0 bridgehead atoms. The van der Waals surface area contributed by atoms with Crippen LogP contribution in [0, 0.1) is 0 Å². The van der Waals surface area contributed by atoms with Gasteiger partial charge in [0.25, 0.3) is 5.91 Å². The van der Waals surface area contributed by atoms with E-state index in [1.54, 1.807) is 23.2 Å². The number of fused-ring (bicyclic) bond motifs is 2. The predicted octanol–water partition coefficient (Wildman–Crippen LogP) is 2.80. The van der Waals surface area contributed by atoms with E-state index >= 15 is 0 Å². The van der Waals surface area contributed by atoms with Crippen LogP contribution in [0.3, 0.4) is 0 Å². The SMILES string of the molecule is CC1(C)NC(=O)c2ccc(N3c4cccnc4NC3O)nc2N1Cc1ccccc1. The number of rotatable bonds is 3. The normalized spacial score (nSPS) is 19.0. The first kappa shape index (κ1) is 18.4. The summed E-state index contributed by atoms with van der Waals surface area (Å²) in [5.74, 6) is 1.53. The van der Waals surface area contributed by atoms with Gasteiger partial charge in [0.2, 0.25) is 6.35 Å². The summed E-state index contributed by atoms with van der Waals surface area (Å²) in [5, 5.41) is 16.6. The van der Waals surface area contributed by atoms with Gasteiger partial charge in [-0.1, -0.05) is 30.3 Å². The highest BCUT2D eigenvalue weighted by molar-refractivity contribution is 6.02. The predicted molar refractivity (Wildman–Crippen MR) is 114 cm³/mol. The van der Waals surface area contributed by atoms with Crippen molar-refractivity contribution in [1.82, 2.24) is 15.3 Å². The largest absolute Gasteiger partial charge is 0.356 e. The number of hydrogen-bond donors (Lipinski definition) is 3. The lowest BCUT2D eigenvalue weighted by atomic mass is 10.0. The Kier molecular flexibility index (Phi) is 4.11. The van der Waals surface area contributed by atoms with Gasteiger partial charge in [0.1, 0.15) is 17.3 Å². The summed E-state index contributed by atoms with van der Waals surface area (Å²) in [5.41, 5.74) is 1.71. The summed E-state index contributed by atoms with van der Waals surface area (Å²) >= 11 is 0. The van der Waals surface area contributed by atoms with Gasteiger partial charge in [0.05, 0.1) is 11.3 Å². The van der Waals surface area contributed by atoms with E-state index in [1.807, 2.05) is 56.3 Å². The first-order valence-corrected chi connectivity index (χ1v) is 9.78. The van der Waals surface area contributed by atoms with Crippen molar-refractivity contribution in [2.45, 2.75) is 32.4 Å². The van der Waals surface area contributed by atoms with E-state index in [4.69, 9.17) is 4.98 Å². The smallest absolute Gasteiger partial charge is 0.256 e. The lowest BCUT2D eigenvalue weighted by molar-refractivity contribution is 0.0895. The van der Waals surface area contributed by atoms with E-state index in [0.717, 1.165) is 11.3 Å². The second kappa shape index (κ2) is 6.70. The maximum atomic E-state index is 12.7. The first-order chi connectivity index (χ1) is 14.4. The van der Waals surface area contributed by atoms with Crippen LogP contribution >= 0.6 is 0 Å². The van der Waals surface area contributed by atoms with E-state index in [9.17, 15) is 9.90 Å². The molecule has 152 valence electrons. The summed E-state index contributed by atoms with van der Waals surface area (Å²) in [7, 11) is 0. The van der Waals surface area contributed by atoms with Gasteiger partial charge in [-0.05, 0) is 43.7 Å². The van der Waals surface area contributed by atoms with Crippen LogP contribution < -0.4 is 20.4 Å². The molecule has 1 unspecified atom stereocenters. The molecule has 1 atom stereocenters. The Bertz CT molecular complexity index is 1120. The molecule has 8 heteroatoms. The van der Waals surface area contributed by atoms with Crippen molar-refractivity contribution in [3.8, 4) is 0 Å². The standard InChI is InChI=1S/C22H22N6O2/c1-22(2)26-20(29)15-10-11-17(28-16-9-6-12-23-18(16)25-21(28)30)24-19(15)27(22)13-14-7-4-3-5-8-14/h3-12,21,30H,13H2,1-2H3,(H,23,25)(H,26,29). The van der Waals surface area contributed by atoms with E-state index in [1.165, 1.54) is 0 Å². The van der Waals surface area contributed by atoms with Crippen LogP contribution in [0.25, 0.3) is 0 Å². The van der Waals surface area contributed by atoms with Crippen molar-refractivity contribution < 1.29 is 9.90 Å². The first-order valence-electron chi connectivity index (χ1n) is 9.78. The van der Waals surface area contributed by atoms with E-state index in [2.05, 4.69) is 20.5 Å². The fraction of sp³-hybridized carbons (Fsp3) is 0.227. The van der Waals surface area contributed by atoms with Crippen LogP contribution in [0.2, 0.25) is 0 Å². The van der Waals surface area contributed by atoms with Gasteiger partial charge in [-0.25, -0.2) is 9.97 Å². The van der Waals surface area contributed by atoms with Gasteiger partial charge < -0.3 is 20.6 Å². The molecule has 3 N–H and O–H groups in total. The van der Waals surface area contributed by atoms with Crippen molar-refractivity contribution in [3.63, 3.8) is 0 Å². The zero-order chi connectivity index (χ0) is 20.9. The van der Waals surface area contributed by atoms with Gasteiger partial charge in [-0.15, -0.1) is 0 Å². The highest BCUT2D eigenvalue weighted by Crippen LogP contribution is 2.39. The minimum absolute atomic E-state index is 0.166. The Morgan fingerprint density at radius 2 is 1.90 bits per heavy atom. The van der Waals surface area contributed by atoms with Crippen molar-refractivity contribution >= 4 is 29.0 Å². The maximum Gasteiger partial charge on any atom is 0.256 e. The third-order valence-corrected chi connectivity index (χ3v) is 5.44. The van der Waals surface area contributed by atoms with Gasteiger partial charge in [-0.3, -0.25) is 9.69 Å². The molecule has 0 radical (unpaired) electrons. The van der Waals surface area contributed by atoms with Gasteiger partial charge in [-0.2, -0.15) is 0 Å². The Balaban J connectivity index is 1.60. The molecule has 0 aliphatic carbocycles. The van der Waals surface area contributed by atoms with Gasteiger partial charge in [0, 0.05) is 12.7 Å². The van der Waals surface area contributed by atoms with Crippen LogP contribution in [-0.4, -0.2) is 33.0 Å². The van der Waals surface area contributed by atoms with E-state index < -0.39 is 12.0 Å². The number of anilines is 4. The number of nitrogens with zero attached hydrogens (tertiary/aromatic N) is 4. The molecule has 30 heavy (non-hydrogen) atoms. The number of nitrogens with one attached hydrogen (secondary N) is 2. The summed E-state index contributed by atoms with van der Waals surface area (Å²) < 4.78 is 0. The molecular weight excluding hydrogens is 380 g/mol. The zero-order valence-electron chi connectivity index (χ0n) is 16.7. The van der Waals surface area contributed by atoms with Crippen molar-refractivity contribution in [3.05, 3.63) is 71.9 Å². The molecule has 0 fully saturated rings. The number of aliphatic hydroxyl groups excluding tert-OH is 1. The topological polar surface area (TPSA) is 93.6 Å². The molecule has 0 saturated carbocycles. The molecule has 0 spiro atoms. The summed E-state index contributed by atoms with van der Waals surface area (Å²) in [6.45, 7) is 4.49. The molecule has 4 heterocycles. The second-order valence-corrected chi connectivity index (χ2v) is 7.88. The number of aliphatic hydroxyl groups is 1. The number of amides is 1. The van der Waals surface area contributed by atoms with Gasteiger partial charge in [0.15, 0.2) is 5.82 Å². The number of carbonyl (C=O) groups excluding carboxylic acids is 1. The van der Waals surface area contributed by atoms with Crippen molar-refractivity contribution in [1.29, 1.82) is 0 Å². The molecule has 2 aliphatic heterocycles. The Morgan fingerprint density at radius 3 is 2.70 bits per heavy atom. The Morgan fingerprint density at radius 1 is 1.10 bits per heavy atom. The number of pyridine rings is 2. The lowest BCUT2D eigenvalue weighted by Gasteiger charge is -2.44. The highest BCUT2D eigenvalue weighted by atomic mass is 16.3. The van der Waals surface area contributed by atoms with Gasteiger partial charge >= 0.3 is 0 Å². The Hall–Kier alpha value is -3.65. The second-order valence-electron chi connectivity index (χ2n) is 7.88. The molecule has 3 aromatic rings. The fourth-order valence-electron chi connectivity index (χ4n) is 3.94. The maximum absolute atomic E-state index is 12.7. The third kappa shape index (κ3) is 2.93. The molecule has 0 saturated heterocycles. The number of benzene rings is 1. The summed E-state index contributed by atoms with van der Waals surface area (Å²) in [6, 6.07) is 17.2. The quantitative estimate of drug-likeness (QED) is 0.620. The van der Waals surface area contributed by atoms with Crippen molar-refractivity contribution in [2.75, 3.05) is 15.1 Å². The van der Waals surface area contributed by atoms with Crippen LogP contribution in [0.4, 0.5) is 23.1 Å². The van der Waals surface area contributed by atoms with Crippen molar-refractivity contribution in [2.24, 2.45) is 0 Å². The molecule has 2 aliphatic rings. The number of hydrogen-bond acceptors (Lipinski definition) is 7. The molecule has 2 aromatic heterocycles. The van der Waals surface area contributed by atoms with E-state index in [-0.39, 0.29) is 5.91 Å². The van der Waals surface area contributed by atoms with Crippen LogP contribution in [0.5, 0.6) is 0 Å². The van der Waals surface area contributed by atoms with Crippen LogP contribution in [0.15, 0.2) is 60.8 Å². The van der Waals surface area contributed by atoms with Crippen LogP contribution in [0.1, 0.15) is 29.8 Å². The average Bonchev–Trinajstić information content (AvgIpc) is 3.07. The highest BCUT2D eigenvalue weighted by Gasteiger charge is 2.39. The molecule has 8 nitrogen and oxygen atoms in total. The monoisotopic (exact) mass is 402 g/mol.